The van der Waals surface area contributed by atoms with E-state index in [9.17, 15) is 19.8 Å². The lowest BCUT2D eigenvalue weighted by molar-refractivity contribution is -0.135. The maximum atomic E-state index is 10.9. The van der Waals surface area contributed by atoms with Crippen LogP contribution in [0.25, 0.3) is 0 Å². The van der Waals surface area contributed by atoms with Crippen LogP contribution in [-0.2, 0) is 9.59 Å². The fourth-order valence-electron chi connectivity index (χ4n) is 1.08. The maximum absolute atomic E-state index is 10.9. The second-order valence-corrected chi connectivity index (χ2v) is 3.31. The smallest absolute Gasteiger partial charge is 0.242 e. The number of hydrogen-bond acceptors (Lipinski definition) is 6. The van der Waals surface area contributed by atoms with Crippen LogP contribution >= 0.6 is 0 Å². The molecule has 8 heteroatoms. The highest BCUT2D eigenvalue weighted by Crippen LogP contribution is 2.05. The molecule has 0 spiro atoms. The third-order valence-corrected chi connectivity index (χ3v) is 1.94. The van der Waals surface area contributed by atoms with E-state index < -0.39 is 42.8 Å². The van der Waals surface area contributed by atoms with E-state index in [0.29, 0.717) is 0 Å². The van der Waals surface area contributed by atoms with Crippen LogP contribution in [0.5, 0.6) is 0 Å². The number of aliphatic hydroxyl groups excluding tert-OH is 4. The Bertz CT molecular complexity index is 259. The average molecular weight is 236 g/mol. The zero-order valence-corrected chi connectivity index (χ0v) is 8.70. The maximum Gasteiger partial charge on any atom is 0.242 e. The Kier molecular flexibility index (Phi) is 5.89. The first kappa shape index (κ1) is 14.8. The van der Waals surface area contributed by atoms with Gasteiger partial charge in [0.25, 0.3) is 0 Å². The lowest BCUT2D eigenvalue weighted by atomic mass is 10.0. The van der Waals surface area contributed by atoms with Gasteiger partial charge < -0.3 is 31.5 Å². The fraction of sp³-hybridized carbons (Fsp3) is 0.750. The van der Waals surface area contributed by atoms with Crippen molar-refractivity contribution in [1.29, 1.82) is 0 Å². The Morgan fingerprint density at radius 3 is 2.06 bits per heavy atom. The molecule has 0 saturated carbocycles. The topological polar surface area (TPSA) is 153 Å². The number of carbonyl (C=O) groups excluding carboxylic acids is 2. The molecular weight excluding hydrogens is 220 g/mol. The largest absolute Gasteiger partial charge is 0.394 e. The van der Waals surface area contributed by atoms with Crippen LogP contribution < -0.4 is 11.1 Å². The zero-order chi connectivity index (χ0) is 12.9. The van der Waals surface area contributed by atoms with Gasteiger partial charge in [0.15, 0.2) is 0 Å². The Labute approximate surface area is 91.7 Å². The van der Waals surface area contributed by atoms with Gasteiger partial charge >= 0.3 is 0 Å². The van der Waals surface area contributed by atoms with Gasteiger partial charge in [-0.15, -0.1) is 0 Å². The molecule has 0 heterocycles. The highest BCUT2D eigenvalue weighted by atomic mass is 16.4. The minimum Gasteiger partial charge on any atom is -0.394 e. The van der Waals surface area contributed by atoms with Crippen molar-refractivity contribution in [3.63, 3.8) is 0 Å². The lowest BCUT2D eigenvalue weighted by Gasteiger charge is -2.27. The molecule has 0 unspecified atom stereocenters. The summed E-state index contributed by atoms with van der Waals surface area (Å²) in [6.07, 6.45) is -5.23. The van der Waals surface area contributed by atoms with Gasteiger partial charge in [0.05, 0.1) is 6.61 Å². The monoisotopic (exact) mass is 236 g/mol. The van der Waals surface area contributed by atoms with Gasteiger partial charge in [-0.2, -0.15) is 0 Å². The Morgan fingerprint density at radius 2 is 1.75 bits per heavy atom. The van der Waals surface area contributed by atoms with Crippen molar-refractivity contribution in [3.8, 4) is 0 Å². The van der Waals surface area contributed by atoms with E-state index in [1.165, 1.54) is 0 Å². The molecule has 0 aromatic rings. The molecule has 0 radical (unpaired) electrons. The highest BCUT2D eigenvalue weighted by Gasteiger charge is 2.34. The summed E-state index contributed by atoms with van der Waals surface area (Å²) in [4.78, 5) is 21.6. The molecule has 0 saturated heterocycles. The van der Waals surface area contributed by atoms with Crippen molar-refractivity contribution in [2.24, 2.45) is 5.73 Å². The SMILES string of the molecule is CC(=O)N[C@@H](C(N)=O)[C@@H](O)[C@H](O)[C@H](O)CO. The summed E-state index contributed by atoms with van der Waals surface area (Å²) < 4.78 is 0. The van der Waals surface area contributed by atoms with Gasteiger partial charge in [0.1, 0.15) is 24.4 Å². The van der Waals surface area contributed by atoms with E-state index in [1.807, 2.05) is 5.32 Å². The zero-order valence-electron chi connectivity index (χ0n) is 8.70. The van der Waals surface area contributed by atoms with Crippen LogP contribution in [0.2, 0.25) is 0 Å². The lowest BCUT2D eigenvalue weighted by Crippen LogP contribution is -2.57. The van der Waals surface area contributed by atoms with Crippen molar-refractivity contribution < 1.29 is 30.0 Å². The Balaban J connectivity index is 4.66. The number of rotatable bonds is 6. The molecule has 16 heavy (non-hydrogen) atoms. The number of carbonyl (C=O) groups is 2. The second-order valence-electron chi connectivity index (χ2n) is 3.31. The molecule has 0 aliphatic carbocycles. The molecule has 4 atom stereocenters. The molecule has 0 aromatic carbocycles. The molecule has 8 nitrogen and oxygen atoms in total. The predicted octanol–water partition coefficient (Wildman–Crippen LogP) is -3.95. The molecule has 0 aromatic heterocycles. The third-order valence-electron chi connectivity index (χ3n) is 1.94. The number of primary amides is 1. The van der Waals surface area contributed by atoms with Gasteiger partial charge in [-0.3, -0.25) is 9.59 Å². The van der Waals surface area contributed by atoms with Crippen molar-refractivity contribution in [2.75, 3.05) is 6.61 Å². The second kappa shape index (κ2) is 6.38. The van der Waals surface area contributed by atoms with Crippen LogP contribution in [0.3, 0.4) is 0 Å². The molecule has 0 aliphatic heterocycles. The fourth-order valence-corrected chi connectivity index (χ4v) is 1.08. The van der Waals surface area contributed by atoms with Crippen LogP contribution in [0.4, 0.5) is 0 Å². The summed E-state index contributed by atoms with van der Waals surface area (Å²) in [5.74, 6) is -1.69. The number of amides is 2. The van der Waals surface area contributed by atoms with E-state index in [4.69, 9.17) is 15.9 Å². The van der Waals surface area contributed by atoms with Gasteiger partial charge in [0, 0.05) is 6.92 Å². The number of nitrogens with two attached hydrogens (primary N) is 1. The van der Waals surface area contributed by atoms with Crippen molar-refractivity contribution in [1.82, 2.24) is 5.32 Å². The molecule has 7 N–H and O–H groups in total. The van der Waals surface area contributed by atoms with Gasteiger partial charge in [-0.25, -0.2) is 0 Å². The molecule has 0 aliphatic rings. The molecule has 0 fully saturated rings. The quantitative estimate of drug-likeness (QED) is 0.277. The summed E-state index contributed by atoms with van der Waals surface area (Å²) >= 11 is 0. The predicted molar refractivity (Wildman–Crippen MR) is 51.9 cm³/mol. The van der Waals surface area contributed by atoms with E-state index in [2.05, 4.69) is 0 Å². The summed E-state index contributed by atoms with van der Waals surface area (Å²) in [6, 6.07) is -1.53. The molecule has 0 rings (SSSR count). The number of aliphatic hydroxyl groups is 4. The van der Waals surface area contributed by atoms with E-state index in [0.717, 1.165) is 6.92 Å². The third kappa shape index (κ3) is 4.11. The van der Waals surface area contributed by atoms with Crippen molar-refractivity contribution >= 4 is 11.8 Å². The standard InChI is InChI=1S/C8H16N2O6/c1-3(12)10-5(8(9)16)7(15)6(14)4(13)2-11/h4-7,11,13-15H,2H2,1H3,(H2,9,16)(H,10,12)/t4-,5-,6-,7-/m1/s1. The van der Waals surface area contributed by atoms with E-state index in [-0.39, 0.29) is 0 Å². The minimum absolute atomic E-state index is 0.631. The van der Waals surface area contributed by atoms with Gasteiger partial charge in [-0.05, 0) is 0 Å². The van der Waals surface area contributed by atoms with Crippen LogP contribution in [0, 0.1) is 0 Å². The van der Waals surface area contributed by atoms with Crippen LogP contribution in [0.1, 0.15) is 6.92 Å². The Morgan fingerprint density at radius 1 is 1.25 bits per heavy atom. The Hall–Kier alpha value is -1.22. The first-order valence-electron chi connectivity index (χ1n) is 4.52. The molecule has 94 valence electrons. The number of hydrogen-bond donors (Lipinski definition) is 6. The van der Waals surface area contributed by atoms with E-state index in [1.54, 1.807) is 0 Å². The van der Waals surface area contributed by atoms with E-state index >= 15 is 0 Å². The van der Waals surface area contributed by atoms with Crippen LogP contribution in [0.15, 0.2) is 0 Å². The van der Waals surface area contributed by atoms with Crippen molar-refractivity contribution in [2.45, 2.75) is 31.3 Å². The summed E-state index contributed by atoms with van der Waals surface area (Å²) in [5, 5.41) is 38.4. The first-order chi connectivity index (χ1) is 7.31. The summed E-state index contributed by atoms with van der Waals surface area (Å²) in [6.45, 7) is 0.293. The minimum atomic E-state index is -1.80. The van der Waals surface area contributed by atoms with Crippen molar-refractivity contribution in [3.05, 3.63) is 0 Å². The number of nitrogens with one attached hydrogen (secondary N) is 1. The molecule has 2 amide bonds. The average Bonchev–Trinajstić information content (AvgIpc) is 2.22. The molecular formula is C8H16N2O6. The van der Waals surface area contributed by atoms with Crippen LogP contribution in [-0.4, -0.2) is 63.2 Å². The normalized spacial score (nSPS) is 18.3. The summed E-state index contributed by atoms with van der Waals surface area (Å²) in [7, 11) is 0. The highest BCUT2D eigenvalue weighted by molar-refractivity contribution is 5.86. The molecule has 0 bridgehead atoms. The van der Waals surface area contributed by atoms with Gasteiger partial charge in [0.2, 0.25) is 11.8 Å². The first-order valence-corrected chi connectivity index (χ1v) is 4.52. The summed E-state index contributed by atoms with van der Waals surface area (Å²) in [5.41, 5.74) is 4.90. The van der Waals surface area contributed by atoms with Gasteiger partial charge in [-0.1, -0.05) is 0 Å².